The van der Waals surface area contributed by atoms with Crippen molar-refractivity contribution in [2.24, 2.45) is 0 Å². The average Bonchev–Trinajstić information content (AvgIpc) is 3.43. The molecule has 2 aromatic carbocycles. The third-order valence-corrected chi connectivity index (χ3v) is 6.37. The zero-order valence-corrected chi connectivity index (χ0v) is 18.9. The zero-order chi connectivity index (χ0) is 24.1. The van der Waals surface area contributed by atoms with E-state index in [0.717, 1.165) is 38.5 Å². The van der Waals surface area contributed by atoms with Crippen LogP contribution in [0.2, 0.25) is 0 Å². The summed E-state index contributed by atoms with van der Waals surface area (Å²) >= 11 is 1.05. The Morgan fingerprint density at radius 2 is 1.76 bits per heavy atom. The van der Waals surface area contributed by atoms with Gasteiger partial charge in [0.25, 0.3) is 5.91 Å². The lowest BCUT2D eigenvalue weighted by Gasteiger charge is -2.16. The molecular formula is C25H21N3O5S. The van der Waals surface area contributed by atoms with Crippen molar-refractivity contribution in [2.75, 3.05) is 19.7 Å². The van der Waals surface area contributed by atoms with Gasteiger partial charge in [-0.25, -0.2) is 9.78 Å². The molecule has 8 nitrogen and oxygen atoms in total. The van der Waals surface area contributed by atoms with Gasteiger partial charge in [-0.1, -0.05) is 54.5 Å². The van der Waals surface area contributed by atoms with Gasteiger partial charge >= 0.3 is 12.1 Å². The molecule has 172 valence electrons. The van der Waals surface area contributed by atoms with E-state index in [1.54, 1.807) is 0 Å². The topological polar surface area (TPSA) is 109 Å². The van der Waals surface area contributed by atoms with Crippen LogP contribution in [0.5, 0.6) is 0 Å². The molecule has 3 aromatic rings. The number of nitrogens with one attached hydrogen (secondary N) is 1. The van der Waals surface area contributed by atoms with E-state index in [2.05, 4.69) is 28.4 Å². The number of thiazole rings is 1. The standard InChI is InChI=1S/C25H21N3O5S/c1-2-11-28(14-23(29)30)24(31)21-12-26-22(34-21)13-27-25(32)33-15-20-18-9-5-3-7-16(18)17-8-4-6-10-19(17)20/h1,3-10,12,20H,11,13-15H2,(H,27,32)(H,29,30). The normalized spacial score (nSPS) is 11.7. The molecule has 0 fully saturated rings. The lowest BCUT2D eigenvalue weighted by molar-refractivity contribution is -0.137. The molecule has 2 N–H and O–H groups in total. The summed E-state index contributed by atoms with van der Waals surface area (Å²) in [5.74, 6) is 0.545. The van der Waals surface area contributed by atoms with Crippen LogP contribution in [0.1, 0.15) is 31.7 Å². The number of nitrogens with zero attached hydrogens (tertiary/aromatic N) is 2. The van der Waals surface area contributed by atoms with Gasteiger partial charge in [0.1, 0.15) is 23.0 Å². The van der Waals surface area contributed by atoms with Gasteiger partial charge in [-0.2, -0.15) is 0 Å². The number of carboxylic acid groups (broad SMARTS) is 1. The lowest BCUT2D eigenvalue weighted by Crippen LogP contribution is -2.35. The minimum absolute atomic E-state index is 0.0430. The van der Waals surface area contributed by atoms with Crippen molar-refractivity contribution in [3.8, 4) is 23.5 Å². The van der Waals surface area contributed by atoms with Crippen molar-refractivity contribution in [3.63, 3.8) is 0 Å². The third kappa shape index (κ3) is 4.92. The maximum absolute atomic E-state index is 12.5. The highest BCUT2D eigenvalue weighted by Crippen LogP contribution is 2.44. The van der Waals surface area contributed by atoms with Gasteiger partial charge in [0, 0.05) is 5.92 Å². The predicted molar refractivity (Wildman–Crippen MR) is 126 cm³/mol. The summed E-state index contributed by atoms with van der Waals surface area (Å²) in [6, 6.07) is 16.2. The Bertz CT molecular complexity index is 1230. The largest absolute Gasteiger partial charge is 0.480 e. The summed E-state index contributed by atoms with van der Waals surface area (Å²) in [6.07, 6.45) is 5.97. The number of carboxylic acids is 1. The number of hydrogen-bond donors (Lipinski definition) is 2. The van der Waals surface area contributed by atoms with Crippen LogP contribution in [-0.2, 0) is 16.1 Å². The molecule has 1 aliphatic carbocycles. The number of carbonyl (C=O) groups excluding carboxylic acids is 2. The summed E-state index contributed by atoms with van der Waals surface area (Å²) in [5.41, 5.74) is 4.54. The summed E-state index contributed by atoms with van der Waals surface area (Å²) in [7, 11) is 0. The van der Waals surface area contributed by atoms with Crippen molar-refractivity contribution in [1.29, 1.82) is 0 Å². The SMILES string of the molecule is C#CCN(CC(=O)O)C(=O)c1cnc(CNC(=O)OCC2c3ccccc3-c3ccccc32)s1. The molecule has 1 heterocycles. The van der Waals surface area contributed by atoms with E-state index in [9.17, 15) is 14.4 Å². The van der Waals surface area contributed by atoms with Gasteiger partial charge < -0.3 is 20.1 Å². The summed E-state index contributed by atoms with van der Waals surface area (Å²) in [6.45, 7) is -0.370. The maximum atomic E-state index is 12.5. The molecule has 1 aliphatic rings. The van der Waals surface area contributed by atoms with Crippen LogP contribution < -0.4 is 5.32 Å². The molecule has 1 aromatic heterocycles. The highest BCUT2D eigenvalue weighted by atomic mass is 32.1. The third-order valence-electron chi connectivity index (χ3n) is 5.39. The number of ether oxygens (including phenoxy) is 1. The Balaban J connectivity index is 1.33. The van der Waals surface area contributed by atoms with E-state index in [1.165, 1.54) is 6.20 Å². The van der Waals surface area contributed by atoms with Gasteiger partial charge in [-0.15, -0.1) is 17.8 Å². The number of aromatic nitrogens is 1. The number of fused-ring (bicyclic) bond motifs is 3. The zero-order valence-electron chi connectivity index (χ0n) is 18.1. The van der Waals surface area contributed by atoms with Crippen LogP contribution in [0.15, 0.2) is 54.7 Å². The second-order valence-corrected chi connectivity index (χ2v) is 8.67. The van der Waals surface area contributed by atoms with Crippen LogP contribution in [-0.4, -0.2) is 52.7 Å². The van der Waals surface area contributed by atoms with Crippen molar-refractivity contribution in [3.05, 3.63) is 75.7 Å². The monoisotopic (exact) mass is 475 g/mol. The van der Waals surface area contributed by atoms with Gasteiger partial charge in [-0.3, -0.25) is 9.59 Å². The molecule has 0 saturated carbocycles. The first-order chi connectivity index (χ1) is 16.5. The number of benzene rings is 2. The van der Waals surface area contributed by atoms with Gasteiger partial charge in [0.05, 0.1) is 19.3 Å². The molecule has 0 saturated heterocycles. The second kappa shape index (κ2) is 10.2. The fraction of sp³-hybridized carbons (Fsp3) is 0.200. The van der Waals surface area contributed by atoms with Crippen LogP contribution >= 0.6 is 11.3 Å². The first-order valence-electron chi connectivity index (χ1n) is 10.5. The molecule has 0 atom stereocenters. The molecule has 0 aliphatic heterocycles. The molecular weight excluding hydrogens is 454 g/mol. The van der Waals surface area contributed by atoms with E-state index in [0.29, 0.717) is 5.01 Å². The number of amides is 2. The predicted octanol–water partition coefficient (Wildman–Crippen LogP) is 3.34. The van der Waals surface area contributed by atoms with E-state index in [1.807, 2.05) is 36.4 Å². The van der Waals surface area contributed by atoms with E-state index >= 15 is 0 Å². The maximum Gasteiger partial charge on any atom is 0.407 e. The van der Waals surface area contributed by atoms with E-state index < -0.39 is 24.5 Å². The molecule has 9 heteroatoms. The Morgan fingerprint density at radius 1 is 1.12 bits per heavy atom. The summed E-state index contributed by atoms with van der Waals surface area (Å²) in [4.78, 5) is 41.2. The quantitative estimate of drug-likeness (QED) is 0.484. The average molecular weight is 476 g/mol. The molecule has 0 radical (unpaired) electrons. The Morgan fingerprint density at radius 3 is 2.38 bits per heavy atom. The van der Waals surface area contributed by atoms with Crippen molar-refractivity contribution in [1.82, 2.24) is 15.2 Å². The Hall–Kier alpha value is -4.16. The molecule has 4 rings (SSSR count). The summed E-state index contributed by atoms with van der Waals surface area (Å²) in [5, 5.41) is 12.1. The minimum atomic E-state index is -1.16. The van der Waals surface area contributed by atoms with E-state index in [-0.39, 0.29) is 30.5 Å². The lowest BCUT2D eigenvalue weighted by atomic mass is 9.98. The number of aliphatic carboxylic acids is 1. The van der Waals surface area contributed by atoms with Crippen LogP contribution in [0.3, 0.4) is 0 Å². The van der Waals surface area contributed by atoms with Crippen LogP contribution in [0, 0.1) is 12.3 Å². The van der Waals surface area contributed by atoms with Crippen LogP contribution in [0.4, 0.5) is 4.79 Å². The smallest absolute Gasteiger partial charge is 0.407 e. The van der Waals surface area contributed by atoms with Crippen molar-refractivity contribution in [2.45, 2.75) is 12.5 Å². The molecule has 0 unspecified atom stereocenters. The first-order valence-corrected chi connectivity index (χ1v) is 11.3. The highest BCUT2D eigenvalue weighted by molar-refractivity contribution is 7.13. The summed E-state index contributed by atoms with van der Waals surface area (Å²) < 4.78 is 5.49. The van der Waals surface area contributed by atoms with E-state index in [4.69, 9.17) is 16.3 Å². The van der Waals surface area contributed by atoms with Gasteiger partial charge in [-0.05, 0) is 22.3 Å². The molecule has 0 spiro atoms. The number of terminal acetylenes is 1. The fourth-order valence-corrected chi connectivity index (χ4v) is 4.74. The van der Waals surface area contributed by atoms with Crippen molar-refractivity contribution < 1.29 is 24.2 Å². The second-order valence-electron chi connectivity index (χ2n) is 7.56. The number of carbonyl (C=O) groups is 3. The number of rotatable bonds is 8. The molecule has 2 amide bonds. The fourth-order valence-electron chi connectivity index (χ4n) is 3.92. The molecule has 34 heavy (non-hydrogen) atoms. The molecule has 0 bridgehead atoms. The Kier molecular flexibility index (Phi) is 6.90. The van der Waals surface area contributed by atoms with Crippen molar-refractivity contribution >= 4 is 29.3 Å². The Labute approximate surface area is 200 Å². The number of hydrogen-bond acceptors (Lipinski definition) is 6. The number of alkyl carbamates (subject to hydrolysis) is 1. The van der Waals surface area contributed by atoms with Gasteiger partial charge in [0.15, 0.2) is 0 Å². The van der Waals surface area contributed by atoms with Crippen LogP contribution in [0.25, 0.3) is 11.1 Å². The highest BCUT2D eigenvalue weighted by Gasteiger charge is 2.29. The minimum Gasteiger partial charge on any atom is -0.480 e. The van der Waals surface area contributed by atoms with Gasteiger partial charge in [0.2, 0.25) is 0 Å². The first kappa shape index (κ1) is 23.0.